The van der Waals surface area contributed by atoms with Crippen molar-refractivity contribution in [2.45, 2.75) is 58.9 Å². The second-order valence-corrected chi connectivity index (χ2v) is 8.75. The fourth-order valence-corrected chi connectivity index (χ4v) is 3.30. The van der Waals surface area contributed by atoms with E-state index in [-0.39, 0.29) is 10.8 Å². The van der Waals surface area contributed by atoms with Gasteiger partial charge in [-0.1, -0.05) is 59.6 Å². The van der Waals surface area contributed by atoms with Gasteiger partial charge in [0.25, 0.3) is 0 Å². The molecule has 0 atom stereocenters. The van der Waals surface area contributed by atoms with E-state index < -0.39 is 0 Å². The summed E-state index contributed by atoms with van der Waals surface area (Å²) in [5, 5.41) is 2.61. The molecule has 0 amide bonds. The molecule has 0 saturated heterocycles. The zero-order chi connectivity index (χ0) is 17.7. The van der Waals surface area contributed by atoms with Crippen molar-refractivity contribution in [1.29, 1.82) is 0 Å². The summed E-state index contributed by atoms with van der Waals surface area (Å²) >= 11 is 0. The third-order valence-electron chi connectivity index (χ3n) is 4.85. The lowest BCUT2D eigenvalue weighted by molar-refractivity contribution is 0.590. The number of hydrogen-bond acceptors (Lipinski definition) is 0. The molecule has 3 aromatic rings. The van der Waals surface area contributed by atoms with Gasteiger partial charge in [0.1, 0.15) is 0 Å². The first-order valence-electron chi connectivity index (χ1n) is 8.63. The topological polar surface area (TPSA) is 4.93 Å². The molecule has 124 valence electrons. The van der Waals surface area contributed by atoms with E-state index in [0.29, 0.717) is 6.54 Å². The SMILES string of the molecule is C#CCn1c2ccc(C(C)(C)C)cc2c2cc(C(C)(C)C)ccc21. The molecule has 0 saturated carbocycles. The first-order chi connectivity index (χ1) is 11.1. The van der Waals surface area contributed by atoms with Gasteiger partial charge in [-0.15, -0.1) is 6.42 Å². The van der Waals surface area contributed by atoms with Crippen LogP contribution in [-0.2, 0) is 17.4 Å². The number of terminal acetylenes is 1. The first-order valence-corrected chi connectivity index (χ1v) is 8.63. The Hall–Kier alpha value is -2.20. The van der Waals surface area contributed by atoms with Gasteiger partial charge >= 0.3 is 0 Å². The van der Waals surface area contributed by atoms with Crippen molar-refractivity contribution < 1.29 is 0 Å². The Morgan fingerprint density at radius 2 is 1.21 bits per heavy atom. The summed E-state index contributed by atoms with van der Waals surface area (Å²) in [6.07, 6.45) is 5.63. The minimum Gasteiger partial charge on any atom is -0.329 e. The van der Waals surface area contributed by atoms with Crippen LogP contribution in [0.5, 0.6) is 0 Å². The van der Waals surface area contributed by atoms with Gasteiger partial charge in [0.2, 0.25) is 0 Å². The molecule has 2 aromatic carbocycles. The molecule has 0 radical (unpaired) electrons. The highest BCUT2D eigenvalue weighted by Crippen LogP contribution is 2.35. The largest absolute Gasteiger partial charge is 0.329 e. The van der Waals surface area contributed by atoms with Gasteiger partial charge in [-0.2, -0.15) is 0 Å². The van der Waals surface area contributed by atoms with Gasteiger partial charge in [-0.05, 0) is 46.2 Å². The molecule has 1 heterocycles. The minimum absolute atomic E-state index is 0.135. The van der Waals surface area contributed by atoms with E-state index in [1.165, 1.54) is 32.9 Å². The standard InChI is InChI=1S/C23H27N/c1-8-13-24-20-11-9-16(22(2,3)4)14-18(20)19-15-17(23(5,6)7)10-12-21(19)24/h1,9-12,14-15H,13H2,2-7H3. The molecular formula is C23H27N. The van der Waals surface area contributed by atoms with Crippen molar-refractivity contribution >= 4 is 21.8 Å². The fraction of sp³-hybridized carbons (Fsp3) is 0.391. The van der Waals surface area contributed by atoms with Crippen LogP contribution >= 0.6 is 0 Å². The zero-order valence-electron chi connectivity index (χ0n) is 15.7. The number of fused-ring (bicyclic) bond motifs is 3. The maximum Gasteiger partial charge on any atom is 0.0841 e. The molecule has 1 nitrogen and oxygen atoms in total. The van der Waals surface area contributed by atoms with Gasteiger partial charge in [0, 0.05) is 21.8 Å². The number of benzene rings is 2. The number of rotatable bonds is 1. The van der Waals surface area contributed by atoms with Crippen LogP contribution in [0.2, 0.25) is 0 Å². The van der Waals surface area contributed by atoms with E-state index in [2.05, 4.69) is 88.4 Å². The molecule has 24 heavy (non-hydrogen) atoms. The van der Waals surface area contributed by atoms with E-state index in [9.17, 15) is 0 Å². The lowest BCUT2D eigenvalue weighted by Gasteiger charge is -2.19. The second kappa shape index (κ2) is 5.42. The lowest BCUT2D eigenvalue weighted by atomic mass is 9.85. The summed E-state index contributed by atoms with van der Waals surface area (Å²) < 4.78 is 2.25. The Morgan fingerprint density at radius 3 is 1.54 bits per heavy atom. The third-order valence-corrected chi connectivity index (χ3v) is 4.85. The van der Waals surface area contributed by atoms with Crippen LogP contribution in [0.4, 0.5) is 0 Å². The maximum atomic E-state index is 5.63. The van der Waals surface area contributed by atoms with Crippen molar-refractivity contribution in [2.24, 2.45) is 0 Å². The van der Waals surface area contributed by atoms with E-state index >= 15 is 0 Å². The molecule has 0 aliphatic carbocycles. The van der Waals surface area contributed by atoms with Gasteiger partial charge < -0.3 is 4.57 Å². The molecule has 1 aromatic heterocycles. The molecule has 0 bridgehead atoms. The van der Waals surface area contributed by atoms with Crippen LogP contribution in [0.25, 0.3) is 21.8 Å². The summed E-state index contributed by atoms with van der Waals surface area (Å²) in [4.78, 5) is 0. The van der Waals surface area contributed by atoms with Crippen LogP contribution in [0.3, 0.4) is 0 Å². The van der Waals surface area contributed by atoms with E-state index in [0.717, 1.165) is 0 Å². The monoisotopic (exact) mass is 317 g/mol. The maximum absolute atomic E-state index is 5.63. The van der Waals surface area contributed by atoms with Crippen LogP contribution < -0.4 is 0 Å². The quantitative estimate of drug-likeness (QED) is 0.483. The molecule has 3 rings (SSSR count). The number of nitrogens with zero attached hydrogens (tertiary/aromatic N) is 1. The number of hydrogen-bond donors (Lipinski definition) is 0. The van der Waals surface area contributed by atoms with Gasteiger partial charge in [-0.25, -0.2) is 0 Å². The van der Waals surface area contributed by atoms with Crippen LogP contribution in [0.15, 0.2) is 36.4 Å². The Morgan fingerprint density at radius 1 is 0.792 bits per heavy atom. The number of aromatic nitrogens is 1. The minimum atomic E-state index is 0.135. The highest BCUT2D eigenvalue weighted by molar-refractivity contribution is 6.08. The Balaban J connectivity index is 2.41. The molecule has 0 unspecified atom stereocenters. The molecule has 0 spiro atoms. The van der Waals surface area contributed by atoms with E-state index in [1.807, 2.05) is 0 Å². The second-order valence-electron chi connectivity index (χ2n) is 8.75. The zero-order valence-corrected chi connectivity index (χ0v) is 15.7. The summed E-state index contributed by atoms with van der Waals surface area (Å²) in [5.74, 6) is 2.81. The van der Waals surface area contributed by atoms with E-state index in [4.69, 9.17) is 6.42 Å². The molecule has 0 aliphatic heterocycles. The Labute approximate surface area is 145 Å². The predicted molar refractivity (Wildman–Crippen MR) is 106 cm³/mol. The van der Waals surface area contributed by atoms with Crippen LogP contribution in [0, 0.1) is 12.3 Å². The molecule has 0 N–H and O–H groups in total. The van der Waals surface area contributed by atoms with Crippen LogP contribution in [0.1, 0.15) is 52.7 Å². The average molecular weight is 317 g/mol. The smallest absolute Gasteiger partial charge is 0.0841 e. The summed E-state index contributed by atoms with van der Waals surface area (Å²) in [6, 6.07) is 13.6. The van der Waals surface area contributed by atoms with Crippen molar-refractivity contribution in [2.75, 3.05) is 0 Å². The van der Waals surface area contributed by atoms with Crippen LogP contribution in [-0.4, -0.2) is 4.57 Å². The molecular weight excluding hydrogens is 290 g/mol. The van der Waals surface area contributed by atoms with Crippen molar-refractivity contribution in [3.8, 4) is 12.3 Å². The first kappa shape index (κ1) is 16.7. The highest BCUT2D eigenvalue weighted by atomic mass is 15.0. The molecule has 1 heteroatoms. The summed E-state index contributed by atoms with van der Waals surface area (Å²) in [7, 11) is 0. The van der Waals surface area contributed by atoms with Crippen molar-refractivity contribution in [1.82, 2.24) is 4.57 Å². The van der Waals surface area contributed by atoms with Gasteiger partial charge in [0.15, 0.2) is 0 Å². The molecule has 0 aliphatic rings. The highest BCUT2D eigenvalue weighted by Gasteiger charge is 2.19. The van der Waals surface area contributed by atoms with E-state index in [1.54, 1.807) is 0 Å². The van der Waals surface area contributed by atoms with Gasteiger partial charge in [0.05, 0.1) is 6.54 Å². The summed E-state index contributed by atoms with van der Waals surface area (Å²) in [5.41, 5.74) is 5.43. The van der Waals surface area contributed by atoms with Gasteiger partial charge in [-0.3, -0.25) is 0 Å². The predicted octanol–water partition coefficient (Wildman–Crippen LogP) is 6.02. The van der Waals surface area contributed by atoms with Crippen molar-refractivity contribution in [3.63, 3.8) is 0 Å². The average Bonchev–Trinajstić information content (AvgIpc) is 2.79. The fourth-order valence-electron chi connectivity index (χ4n) is 3.30. The lowest BCUT2D eigenvalue weighted by Crippen LogP contribution is -2.10. The Kier molecular flexibility index (Phi) is 3.76. The van der Waals surface area contributed by atoms with Crippen molar-refractivity contribution in [3.05, 3.63) is 47.5 Å². The third kappa shape index (κ3) is 2.71. The normalized spacial score (nSPS) is 12.7. The summed E-state index contributed by atoms with van der Waals surface area (Å²) in [6.45, 7) is 14.2. The Bertz CT molecular complexity index is 879. The molecule has 0 fully saturated rings.